The molecular weight excluding hydrogens is 753 g/mol. The molecule has 62 heavy (non-hydrogen) atoms. The minimum atomic E-state index is -0.166. The van der Waals surface area contributed by atoms with Crippen LogP contribution in [0, 0.1) is 10.8 Å². The maximum Gasteiger partial charge on any atom is 0.163 e. The highest BCUT2D eigenvalue weighted by molar-refractivity contribution is 6.19. The zero-order chi connectivity index (χ0) is 43.3. The van der Waals surface area contributed by atoms with Gasteiger partial charge in [0.2, 0.25) is 0 Å². The first-order valence-electron chi connectivity index (χ1n) is 21.9. The molecule has 1 heterocycles. The highest BCUT2D eigenvalue weighted by atomic mass is 15.1. The lowest BCUT2D eigenvalue weighted by molar-refractivity contribution is 0.125. The molecule has 8 aromatic rings. The predicted octanol–water partition coefficient (Wildman–Crippen LogP) is 14.8. The molecule has 1 N–H and O–H groups in total. The molecule has 2 aliphatic rings. The molecule has 7 aromatic carbocycles. The van der Waals surface area contributed by atoms with E-state index in [0.29, 0.717) is 5.84 Å². The van der Waals surface area contributed by atoms with Crippen molar-refractivity contribution < 1.29 is 0 Å². The van der Waals surface area contributed by atoms with Crippen LogP contribution in [0.1, 0.15) is 95.7 Å². The number of nitrogens with one attached hydrogen (secondary N) is 1. The second kappa shape index (κ2) is 13.9. The number of benzene rings is 7. The van der Waals surface area contributed by atoms with E-state index in [2.05, 4.69) is 182 Å². The van der Waals surface area contributed by atoms with Gasteiger partial charge in [0.1, 0.15) is 5.84 Å². The summed E-state index contributed by atoms with van der Waals surface area (Å²) in [5.74, 6) is 1.44. The van der Waals surface area contributed by atoms with Crippen LogP contribution < -0.4 is 0 Å². The average molecular weight is 807 g/mol. The van der Waals surface area contributed by atoms with Crippen molar-refractivity contribution in [1.82, 2.24) is 4.57 Å². The molecular formula is C58H54N4. The average Bonchev–Trinajstić information content (AvgIpc) is 3.75. The summed E-state index contributed by atoms with van der Waals surface area (Å²) in [6.45, 7) is 21.3. The van der Waals surface area contributed by atoms with Crippen molar-refractivity contribution in [2.24, 2.45) is 15.4 Å². The van der Waals surface area contributed by atoms with Crippen molar-refractivity contribution in [1.29, 1.82) is 5.41 Å². The van der Waals surface area contributed by atoms with E-state index in [-0.39, 0.29) is 27.5 Å². The van der Waals surface area contributed by atoms with Crippen LogP contribution in [-0.4, -0.2) is 22.1 Å². The highest BCUT2D eigenvalue weighted by Gasteiger charge is 2.57. The Hall–Kier alpha value is -6.65. The van der Waals surface area contributed by atoms with Gasteiger partial charge >= 0.3 is 0 Å². The number of fused-ring (bicyclic) bond motifs is 7. The highest BCUT2D eigenvalue weighted by Crippen LogP contribution is 2.62. The Morgan fingerprint density at radius 1 is 0.452 bits per heavy atom. The zero-order valence-corrected chi connectivity index (χ0v) is 37.4. The normalized spacial score (nSPS) is 16.9. The van der Waals surface area contributed by atoms with E-state index in [1.165, 1.54) is 44.2 Å². The van der Waals surface area contributed by atoms with Crippen LogP contribution in [0.5, 0.6) is 0 Å². The molecule has 0 amide bonds. The summed E-state index contributed by atoms with van der Waals surface area (Å²) >= 11 is 0. The molecule has 1 aromatic heterocycles. The van der Waals surface area contributed by atoms with Gasteiger partial charge in [0, 0.05) is 27.3 Å². The Morgan fingerprint density at radius 2 is 0.952 bits per heavy atom. The largest absolute Gasteiger partial charge is 0.297 e. The summed E-state index contributed by atoms with van der Waals surface area (Å²) in [7, 11) is 0. The van der Waals surface area contributed by atoms with Crippen LogP contribution >= 0.6 is 0 Å². The van der Waals surface area contributed by atoms with Gasteiger partial charge in [-0.1, -0.05) is 171 Å². The molecule has 306 valence electrons. The summed E-state index contributed by atoms with van der Waals surface area (Å²) in [5, 5.41) is 12.1. The lowest BCUT2D eigenvalue weighted by Gasteiger charge is -2.44. The second-order valence-electron chi connectivity index (χ2n) is 19.6. The molecule has 4 heteroatoms. The molecule has 4 nitrogen and oxygen atoms in total. The van der Waals surface area contributed by atoms with Crippen molar-refractivity contribution in [3.8, 4) is 33.4 Å². The van der Waals surface area contributed by atoms with Gasteiger partial charge in [0.15, 0.2) is 11.7 Å². The van der Waals surface area contributed by atoms with E-state index in [4.69, 9.17) is 9.98 Å². The third-order valence-corrected chi connectivity index (χ3v) is 15.3. The van der Waals surface area contributed by atoms with Gasteiger partial charge in [0.05, 0.1) is 11.0 Å². The molecule has 0 fully saturated rings. The van der Waals surface area contributed by atoms with Crippen molar-refractivity contribution in [3.05, 3.63) is 191 Å². The SMILES string of the molecule is CC(=NC(=NC(=N)c1cc(-c2ccccc2)cc(-c2ccccc2)c1)c1ccccc1)n1c2cc3c(cc2c2cc4c(cc21)C(C)(C)C(C)(C)C4(C)C)-c1ccccc1C3(C)C. The molecule has 0 saturated heterocycles. The van der Waals surface area contributed by atoms with Gasteiger partial charge in [-0.15, -0.1) is 0 Å². The van der Waals surface area contributed by atoms with Gasteiger partial charge < -0.3 is 0 Å². The Morgan fingerprint density at radius 3 is 1.55 bits per heavy atom. The van der Waals surface area contributed by atoms with Crippen LogP contribution in [0.4, 0.5) is 0 Å². The Bertz CT molecular complexity index is 3120. The fourth-order valence-corrected chi connectivity index (χ4v) is 10.6. The van der Waals surface area contributed by atoms with Crippen LogP contribution in [0.3, 0.4) is 0 Å². The van der Waals surface area contributed by atoms with E-state index >= 15 is 0 Å². The molecule has 2 aliphatic carbocycles. The number of aromatic nitrogens is 1. The molecule has 0 atom stereocenters. The minimum Gasteiger partial charge on any atom is -0.297 e. The number of aliphatic imine (C=N–C) groups is 2. The fraction of sp³-hybridized carbons (Fsp3) is 0.224. The lowest BCUT2D eigenvalue weighted by atomic mass is 9.59. The molecule has 0 radical (unpaired) electrons. The smallest absolute Gasteiger partial charge is 0.163 e. The Kier molecular flexibility index (Phi) is 8.88. The van der Waals surface area contributed by atoms with Gasteiger partial charge in [-0.25, -0.2) is 9.98 Å². The van der Waals surface area contributed by atoms with Gasteiger partial charge in [-0.2, -0.15) is 0 Å². The quantitative estimate of drug-likeness (QED) is 0.136. The monoisotopic (exact) mass is 806 g/mol. The topological polar surface area (TPSA) is 53.5 Å². The van der Waals surface area contributed by atoms with Crippen LogP contribution in [0.25, 0.3) is 55.2 Å². The summed E-state index contributed by atoms with van der Waals surface area (Å²) in [6, 6.07) is 55.9. The summed E-state index contributed by atoms with van der Waals surface area (Å²) in [4.78, 5) is 10.6. The number of hydrogen-bond acceptors (Lipinski definition) is 1. The maximum absolute atomic E-state index is 9.64. The van der Waals surface area contributed by atoms with E-state index in [0.717, 1.165) is 50.2 Å². The predicted molar refractivity (Wildman–Crippen MR) is 262 cm³/mol. The summed E-state index contributed by atoms with van der Waals surface area (Å²) in [6.07, 6.45) is 0. The Balaban J connectivity index is 1.20. The minimum absolute atomic E-state index is 0.0147. The molecule has 0 bridgehead atoms. The lowest BCUT2D eigenvalue weighted by Crippen LogP contribution is -2.42. The summed E-state index contributed by atoms with van der Waals surface area (Å²) in [5.41, 5.74) is 15.9. The molecule has 0 unspecified atom stereocenters. The van der Waals surface area contributed by atoms with Crippen molar-refractivity contribution in [3.63, 3.8) is 0 Å². The number of rotatable bonds is 4. The maximum atomic E-state index is 9.64. The van der Waals surface area contributed by atoms with Crippen LogP contribution in [0.15, 0.2) is 168 Å². The Labute approximate surface area is 366 Å². The molecule has 0 spiro atoms. The van der Waals surface area contributed by atoms with Crippen LogP contribution in [0.2, 0.25) is 0 Å². The zero-order valence-electron chi connectivity index (χ0n) is 37.4. The first-order valence-corrected chi connectivity index (χ1v) is 21.9. The van der Waals surface area contributed by atoms with E-state index < -0.39 is 0 Å². The van der Waals surface area contributed by atoms with Crippen molar-refractivity contribution >= 4 is 39.3 Å². The number of hydrogen-bond donors (Lipinski definition) is 1. The van der Waals surface area contributed by atoms with E-state index in [1.54, 1.807) is 0 Å². The molecule has 10 rings (SSSR count). The van der Waals surface area contributed by atoms with Crippen LogP contribution in [-0.2, 0) is 16.2 Å². The van der Waals surface area contributed by atoms with Gasteiger partial charge in [-0.3, -0.25) is 9.98 Å². The second-order valence-corrected chi connectivity index (χ2v) is 19.6. The fourth-order valence-electron chi connectivity index (χ4n) is 10.6. The number of amidine groups is 2. The third kappa shape index (κ3) is 5.83. The van der Waals surface area contributed by atoms with E-state index in [1.807, 2.05) is 42.5 Å². The van der Waals surface area contributed by atoms with Gasteiger partial charge in [0.25, 0.3) is 0 Å². The summed E-state index contributed by atoms with van der Waals surface area (Å²) < 4.78 is 2.37. The molecule has 0 aliphatic heterocycles. The van der Waals surface area contributed by atoms with Gasteiger partial charge in [-0.05, 0) is 121 Å². The van der Waals surface area contributed by atoms with Crippen molar-refractivity contribution in [2.75, 3.05) is 0 Å². The number of nitrogens with zero attached hydrogens (tertiary/aromatic N) is 3. The van der Waals surface area contributed by atoms with E-state index in [9.17, 15) is 5.41 Å². The third-order valence-electron chi connectivity index (χ3n) is 15.3. The van der Waals surface area contributed by atoms with Crippen molar-refractivity contribution in [2.45, 2.75) is 78.6 Å². The first kappa shape index (κ1) is 39.5. The first-order chi connectivity index (χ1) is 29.6. The standard InChI is InChI=1S/C58H54N4/c1-36(60-54(39-25-17-12-18-26-39)61-53(59)42-30-40(37-21-13-10-14-22-37)29-41(31-42)38-23-15-11-16-24-38)62-51-34-48-44(43-27-19-20-28-47(43)55(48,2)3)32-45(51)46-33-49-50(35-52(46)62)57(6,7)58(8,9)56(49,4)5/h10-35,59H,1-9H3. The molecule has 0 saturated carbocycles.